The number of pyridine rings is 1. The minimum absolute atomic E-state index is 0.874. The second-order valence-electron chi connectivity index (χ2n) is 3.84. The van der Waals surface area contributed by atoms with E-state index in [2.05, 4.69) is 21.8 Å². The van der Waals surface area contributed by atoms with Gasteiger partial charge in [-0.15, -0.1) is 0 Å². The topological polar surface area (TPSA) is 28.6 Å². The smallest absolute Gasteiger partial charge is 0.132 e. The Labute approximate surface area is 104 Å². The monoisotopic (exact) mass is 237 g/mol. The molecule has 2 rings (SSSR count). The normalized spacial score (nSPS) is 16.1. The van der Waals surface area contributed by atoms with Gasteiger partial charge in [-0.3, -0.25) is 0 Å². The van der Waals surface area contributed by atoms with Gasteiger partial charge in [-0.2, -0.15) is 0 Å². The molecular weight excluding hydrogens is 214 g/mol. The van der Waals surface area contributed by atoms with Gasteiger partial charge in [0, 0.05) is 38.4 Å². The summed E-state index contributed by atoms with van der Waals surface area (Å²) in [6, 6.07) is 3.87. The number of piperazine rings is 1. The van der Waals surface area contributed by atoms with Crippen molar-refractivity contribution in [3.63, 3.8) is 0 Å². The molecule has 0 bridgehead atoms. The van der Waals surface area contributed by atoms with Gasteiger partial charge < -0.3 is 14.5 Å². The molecule has 4 heteroatoms. The zero-order valence-electron chi connectivity index (χ0n) is 11.3. The fourth-order valence-electron chi connectivity index (χ4n) is 1.74. The van der Waals surface area contributed by atoms with E-state index in [4.69, 9.17) is 4.74 Å². The molecule has 0 spiro atoms. The van der Waals surface area contributed by atoms with Crippen LogP contribution in [0.15, 0.2) is 18.3 Å². The highest BCUT2D eigenvalue weighted by Gasteiger charge is 2.15. The molecule has 0 radical (unpaired) electrons. The lowest BCUT2D eigenvalue weighted by Crippen LogP contribution is -2.44. The average Bonchev–Trinajstić information content (AvgIpc) is 2.42. The van der Waals surface area contributed by atoms with E-state index in [1.54, 1.807) is 13.3 Å². The molecule has 0 N–H and O–H groups in total. The Kier molecular flexibility index (Phi) is 5.77. The molecule has 0 atom stereocenters. The first kappa shape index (κ1) is 13.8. The molecular formula is C13H23N3O. The predicted octanol–water partition coefficient (Wildman–Crippen LogP) is 1.87. The summed E-state index contributed by atoms with van der Waals surface area (Å²) < 4.78 is 5.19. The lowest BCUT2D eigenvalue weighted by Gasteiger charge is -2.33. The Morgan fingerprint density at radius 1 is 1.18 bits per heavy atom. The van der Waals surface area contributed by atoms with E-state index in [9.17, 15) is 0 Å². The summed E-state index contributed by atoms with van der Waals surface area (Å²) in [6.07, 6.45) is 1.80. The third kappa shape index (κ3) is 3.89. The maximum absolute atomic E-state index is 5.19. The SMILES string of the molecule is CC.COc1ccnc(N2CCN(C)CC2)c1. The van der Waals surface area contributed by atoms with E-state index in [-0.39, 0.29) is 0 Å². The van der Waals surface area contributed by atoms with E-state index in [0.29, 0.717) is 0 Å². The van der Waals surface area contributed by atoms with E-state index < -0.39 is 0 Å². The summed E-state index contributed by atoms with van der Waals surface area (Å²) in [5.74, 6) is 1.89. The minimum atomic E-state index is 0.874. The van der Waals surface area contributed by atoms with Crippen LogP contribution in [0.4, 0.5) is 5.82 Å². The van der Waals surface area contributed by atoms with Crippen LogP contribution >= 0.6 is 0 Å². The molecule has 1 aromatic rings. The van der Waals surface area contributed by atoms with Crippen LogP contribution in [0, 0.1) is 0 Å². The van der Waals surface area contributed by atoms with Gasteiger partial charge in [0.1, 0.15) is 11.6 Å². The van der Waals surface area contributed by atoms with Crippen molar-refractivity contribution in [2.75, 3.05) is 45.2 Å². The van der Waals surface area contributed by atoms with Crippen LogP contribution in [0.25, 0.3) is 0 Å². The first-order valence-electron chi connectivity index (χ1n) is 6.23. The van der Waals surface area contributed by atoms with Crippen LogP contribution in [0.5, 0.6) is 5.75 Å². The number of ether oxygens (including phenoxy) is 1. The van der Waals surface area contributed by atoms with E-state index in [1.807, 2.05) is 26.0 Å². The van der Waals surface area contributed by atoms with Crippen molar-refractivity contribution in [1.29, 1.82) is 0 Å². The van der Waals surface area contributed by atoms with Crippen molar-refractivity contribution in [1.82, 2.24) is 9.88 Å². The van der Waals surface area contributed by atoms with Gasteiger partial charge >= 0.3 is 0 Å². The number of hydrogen-bond donors (Lipinski definition) is 0. The summed E-state index contributed by atoms with van der Waals surface area (Å²) in [7, 11) is 3.83. The molecule has 17 heavy (non-hydrogen) atoms. The minimum Gasteiger partial charge on any atom is -0.497 e. The first-order chi connectivity index (χ1) is 8.29. The molecule has 0 aromatic carbocycles. The van der Waals surface area contributed by atoms with Gasteiger partial charge in [0.2, 0.25) is 0 Å². The van der Waals surface area contributed by atoms with Gasteiger partial charge in [0.25, 0.3) is 0 Å². The van der Waals surface area contributed by atoms with Crippen LogP contribution in [0.3, 0.4) is 0 Å². The third-order valence-electron chi connectivity index (χ3n) is 2.78. The number of methoxy groups -OCH3 is 1. The molecule has 0 saturated carbocycles. The van der Waals surface area contributed by atoms with Gasteiger partial charge in [0.05, 0.1) is 7.11 Å². The Balaban J connectivity index is 0.000000686. The summed E-state index contributed by atoms with van der Waals surface area (Å²) in [6.45, 7) is 8.27. The van der Waals surface area contributed by atoms with E-state index in [0.717, 1.165) is 37.7 Å². The maximum atomic E-state index is 5.19. The van der Waals surface area contributed by atoms with Crippen molar-refractivity contribution < 1.29 is 4.74 Å². The molecule has 0 unspecified atom stereocenters. The lowest BCUT2D eigenvalue weighted by atomic mass is 10.3. The van der Waals surface area contributed by atoms with Crippen LogP contribution in [0.1, 0.15) is 13.8 Å². The molecule has 2 heterocycles. The van der Waals surface area contributed by atoms with Crippen LogP contribution in [-0.4, -0.2) is 50.2 Å². The molecule has 0 amide bonds. The van der Waals surface area contributed by atoms with Crippen molar-refractivity contribution in [2.45, 2.75) is 13.8 Å². The fourth-order valence-corrected chi connectivity index (χ4v) is 1.74. The highest BCUT2D eigenvalue weighted by Crippen LogP contribution is 2.18. The lowest BCUT2D eigenvalue weighted by molar-refractivity contribution is 0.312. The van der Waals surface area contributed by atoms with Gasteiger partial charge in [0.15, 0.2) is 0 Å². The average molecular weight is 237 g/mol. The predicted molar refractivity (Wildman–Crippen MR) is 71.8 cm³/mol. The van der Waals surface area contributed by atoms with Gasteiger partial charge in [-0.05, 0) is 13.1 Å². The van der Waals surface area contributed by atoms with E-state index >= 15 is 0 Å². The maximum Gasteiger partial charge on any atom is 0.132 e. The molecule has 0 aliphatic carbocycles. The number of likely N-dealkylation sites (N-methyl/N-ethyl adjacent to an activating group) is 1. The molecule has 1 aliphatic rings. The summed E-state index contributed by atoms with van der Waals surface area (Å²) >= 11 is 0. The van der Waals surface area contributed by atoms with Crippen molar-refractivity contribution >= 4 is 5.82 Å². The zero-order chi connectivity index (χ0) is 12.7. The second kappa shape index (κ2) is 7.12. The van der Waals surface area contributed by atoms with Crippen molar-refractivity contribution in [3.05, 3.63) is 18.3 Å². The number of nitrogens with zero attached hydrogens (tertiary/aromatic N) is 3. The van der Waals surface area contributed by atoms with Crippen molar-refractivity contribution in [3.8, 4) is 5.75 Å². The zero-order valence-corrected chi connectivity index (χ0v) is 11.3. The second-order valence-corrected chi connectivity index (χ2v) is 3.84. The van der Waals surface area contributed by atoms with Crippen LogP contribution < -0.4 is 9.64 Å². The standard InChI is InChI=1S/C11H17N3O.C2H6/c1-13-5-7-14(8-6-13)11-9-10(15-2)3-4-12-11;1-2/h3-4,9H,5-8H2,1-2H3;1-2H3. The summed E-state index contributed by atoms with van der Waals surface area (Å²) in [5.41, 5.74) is 0. The molecule has 1 aromatic heterocycles. The summed E-state index contributed by atoms with van der Waals surface area (Å²) in [4.78, 5) is 8.99. The Morgan fingerprint density at radius 2 is 1.82 bits per heavy atom. The molecule has 4 nitrogen and oxygen atoms in total. The highest BCUT2D eigenvalue weighted by atomic mass is 16.5. The number of rotatable bonds is 2. The molecule has 1 fully saturated rings. The summed E-state index contributed by atoms with van der Waals surface area (Å²) in [5, 5.41) is 0. The van der Waals surface area contributed by atoms with Crippen LogP contribution in [-0.2, 0) is 0 Å². The first-order valence-corrected chi connectivity index (χ1v) is 6.23. The molecule has 96 valence electrons. The fraction of sp³-hybridized carbons (Fsp3) is 0.615. The quantitative estimate of drug-likeness (QED) is 0.785. The van der Waals surface area contributed by atoms with Crippen molar-refractivity contribution in [2.24, 2.45) is 0 Å². The Hall–Kier alpha value is -1.29. The molecule has 1 aliphatic heterocycles. The third-order valence-corrected chi connectivity index (χ3v) is 2.78. The number of aromatic nitrogens is 1. The Bertz CT molecular complexity index is 322. The Morgan fingerprint density at radius 3 is 2.41 bits per heavy atom. The molecule has 1 saturated heterocycles. The number of anilines is 1. The number of hydrogen-bond acceptors (Lipinski definition) is 4. The van der Waals surface area contributed by atoms with Crippen LogP contribution in [0.2, 0.25) is 0 Å². The highest BCUT2D eigenvalue weighted by molar-refractivity contribution is 5.43. The largest absolute Gasteiger partial charge is 0.497 e. The van der Waals surface area contributed by atoms with E-state index in [1.165, 1.54) is 0 Å². The van der Waals surface area contributed by atoms with Gasteiger partial charge in [-0.25, -0.2) is 4.98 Å². The van der Waals surface area contributed by atoms with Gasteiger partial charge in [-0.1, -0.05) is 13.8 Å².